The summed E-state index contributed by atoms with van der Waals surface area (Å²) in [5.74, 6) is 0. The van der Waals surface area contributed by atoms with Crippen molar-refractivity contribution >= 4 is 28.3 Å². The van der Waals surface area contributed by atoms with Crippen LogP contribution in [0.5, 0.6) is 0 Å². The van der Waals surface area contributed by atoms with Crippen molar-refractivity contribution in [1.29, 1.82) is 0 Å². The smallest absolute Gasteiger partial charge is 0.323 e. The predicted octanol–water partition coefficient (Wildman–Crippen LogP) is 5.66. The number of aromatic amines is 1. The summed E-state index contributed by atoms with van der Waals surface area (Å²) < 4.78 is 5.86. The molecule has 0 spiro atoms. The Kier molecular flexibility index (Phi) is 6.79. The van der Waals surface area contributed by atoms with Gasteiger partial charge in [0, 0.05) is 35.4 Å². The molecule has 0 bridgehead atoms. The number of nitrogens with one attached hydrogen (secondary N) is 4. The number of fused-ring (bicyclic) bond motifs is 1. The van der Waals surface area contributed by atoms with Gasteiger partial charge in [0.1, 0.15) is 0 Å². The number of hydrogen-bond donors (Lipinski definition) is 4. The Hall–Kier alpha value is -3.68. The van der Waals surface area contributed by atoms with Gasteiger partial charge in [0.15, 0.2) is 0 Å². The molecule has 1 aliphatic heterocycles. The lowest BCUT2D eigenvalue weighted by Gasteiger charge is -2.24. The van der Waals surface area contributed by atoms with Gasteiger partial charge in [0.2, 0.25) is 0 Å². The Morgan fingerprint density at radius 3 is 2.49 bits per heavy atom. The number of ether oxygens (including phenoxy) is 1. The van der Waals surface area contributed by atoms with Crippen molar-refractivity contribution in [3.63, 3.8) is 0 Å². The molecule has 1 unspecified atom stereocenters. The summed E-state index contributed by atoms with van der Waals surface area (Å²) in [7, 11) is 0. The Morgan fingerprint density at radius 2 is 1.80 bits per heavy atom. The van der Waals surface area contributed by atoms with Gasteiger partial charge in [0.25, 0.3) is 0 Å². The zero-order valence-electron chi connectivity index (χ0n) is 20.2. The van der Waals surface area contributed by atoms with Gasteiger partial charge in [-0.2, -0.15) is 5.10 Å². The van der Waals surface area contributed by atoms with Crippen LogP contribution in [0.25, 0.3) is 22.2 Å². The maximum atomic E-state index is 12.9. The van der Waals surface area contributed by atoms with Crippen LogP contribution in [0.4, 0.5) is 16.2 Å². The first kappa shape index (κ1) is 23.1. The average molecular weight is 470 g/mol. The molecule has 7 heteroatoms. The molecule has 1 atom stereocenters. The summed E-state index contributed by atoms with van der Waals surface area (Å²) in [5.41, 5.74) is 7.80. The minimum absolute atomic E-state index is 0.0779. The standard InChI is InChI=1S/C28H31N5O2/c1-3-18-6-5-7-19(4-2)26(18)31-28(34)30-22-12-13-24-23(16-22)27(33-32-24)21-10-8-20(9-11-21)25-17-29-14-15-35-25/h5-13,16,25,29H,3-4,14-15,17H2,1-2H3,(H,32,33)(H2,30,31,34). The molecule has 0 saturated carbocycles. The molecule has 4 N–H and O–H groups in total. The summed E-state index contributed by atoms with van der Waals surface area (Å²) in [6.07, 6.45) is 1.79. The Morgan fingerprint density at radius 1 is 1.03 bits per heavy atom. The number of amides is 2. The zero-order chi connectivity index (χ0) is 24.2. The van der Waals surface area contributed by atoms with Crippen LogP contribution in [-0.4, -0.2) is 35.9 Å². The Bertz CT molecular complexity index is 1300. The van der Waals surface area contributed by atoms with E-state index >= 15 is 0 Å². The third-order valence-corrected chi connectivity index (χ3v) is 6.54. The van der Waals surface area contributed by atoms with Crippen molar-refractivity contribution in [1.82, 2.24) is 15.5 Å². The fourth-order valence-corrected chi connectivity index (χ4v) is 4.63. The molecule has 35 heavy (non-hydrogen) atoms. The lowest BCUT2D eigenvalue weighted by Crippen LogP contribution is -2.33. The van der Waals surface area contributed by atoms with Gasteiger partial charge < -0.3 is 20.7 Å². The number of carbonyl (C=O) groups excluding carboxylic acids is 1. The maximum Gasteiger partial charge on any atom is 0.323 e. The van der Waals surface area contributed by atoms with E-state index in [4.69, 9.17) is 4.74 Å². The van der Waals surface area contributed by atoms with Crippen molar-refractivity contribution in [3.8, 4) is 11.3 Å². The monoisotopic (exact) mass is 469 g/mol. The van der Waals surface area contributed by atoms with Crippen LogP contribution >= 0.6 is 0 Å². The highest BCUT2D eigenvalue weighted by molar-refractivity contribution is 6.03. The summed E-state index contributed by atoms with van der Waals surface area (Å²) in [6, 6.07) is 20.0. The van der Waals surface area contributed by atoms with E-state index in [0.29, 0.717) is 5.69 Å². The zero-order valence-corrected chi connectivity index (χ0v) is 20.2. The number of H-pyrrole nitrogens is 1. The normalized spacial score (nSPS) is 15.8. The number of morpholine rings is 1. The fourth-order valence-electron chi connectivity index (χ4n) is 4.63. The molecule has 180 valence electrons. The minimum Gasteiger partial charge on any atom is -0.371 e. The van der Waals surface area contributed by atoms with Crippen LogP contribution in [0.1, 0.15) is 36.6 Å². The minimum atomic E-state index is -0.254. The molecule has 4 aromatic rings. The number of anilines is 2. The molecule has 0 aliphatic carbocycles. The lowest BCUT2D eigenvalue weighted by atomic mass is 10.0. The van der Waals surface area contributed by atoms with Gasteiger partial charge in [-0.25, -0.2) is 4.79 Å². The number of rotatable bonds is 6. The highest BCUT2D eigenvalue weighted by atomic mass is 16.5. The van der Waals surface area contributed by atoms with Crippen LogP contribution < -0.4 is 16.0 Å². The van der Waals surface area contributed by atoms with Crippen LogP contribution in [0.2, 0.25) is 0 Å². The SMILES string of the molecule is CCc1cccc(CC)c1NC(=O)Nc1ccc2[nH]nc(-c3ccc(C4CNCCO4)cc3)c2c1. The number of aryl methyl sites for hydroxylation is 2. The van der Waals surface area contributed by atoms with E-state index in [1.807, 2.05) is 24.3 Å². The molecular formula is C28H31N5O2. The summed E-state index contributed by atoms with van der Waals surface area (Å²) in [5, 5.41) is 18.0. The molecular weight excluding hydrogens is 438 g/mol. The highest BCUT2D eigenvalue weighted by Crippen LogP contribution is 2.30. The van der Waals surface area contributed by atoms with E-state index in [2.05, 4.69) is 76.4 Å². The first-order valence-electron chi connectivity index (χ1n) is 12.3. The molecule has 3 aromatic carbocycles. The third kappa shape index (κ3) is 4.92. The molecule has 1 aromatic heterocycles. The van der Waals surface area contributed by atoms with Crippen molar-refractivity contribution in [2.75, 3.05) is 30.3 Å². The summed E-state index contributed by atoms with van der Waals surface area (Å²) in [6.45, 7) is 6.64. The van der Waals surface area contributed by atoms with Gasteiger partial charge in [-0.1, -0.05) is 56.3 Å². The molecule has 2 amide bonds. The molecule has 1 fully saturated rings. The number of nitrogens with zero attached hydrogens (tertiary/aromatic N) is 1. The number of aromatic nitrogens is 2. The van der Waals surface area contributed by atoms with Crippen LogP contribution in [0.3, 0.4) is 0 Å². The van der Waals surface area contributed by atoms with Gasteiger partial charge >= 0.3 is 6.03 Å². The first-order chi connectivity index (χ1) is 17.2. The molecule has 0 radical (unpaired) electrons. The van der Waals surface area contributed by atoms with Crippen LogP contribution in [0, 0.1) is 0 Å². The second-order valence-electron chi connectivity index (χ2n) is 8.76. The van der Waals surface area contributed by atoms with E-state index < -0.39 is 0 Å². The summed E-state index contributed by atoms with van der Waals surface area (Å²) in [4.78, 5) is 12.9. The van der Waals surface area contributed by atoms with Gasteiger partial charge in [-0.05, 0) is 47.7 Å². The lowest BCUT2D eigenvalue weighted by molar-refractivity contribution is 0.0277. The maximum absolute atomic E-state index is 12.9. The largest absolute Gasteiger partial charge is 0.371 e. The Labute approximate surface area is 205 Å². The van der Waals surface area contributed by atoms with Crippen LogP contribution in [-0.2, 0) is 17.6 Å². The number of carbonyl (C=O) groups is 1. The molecule has 5 rings (SSSR count). The fraction of sp³-hybridized carbons (Fsp3) is 0.286. The van der Waals surface area contributed by atoms with Crippen LogP contribution in [0.15, 0.2) is 60.7 Å². The number of urea groups is 1. The molecule has 2 heterocycles. The first-order valence-corrected chi connectivity index (χ1v) is 12.3. The predicted molar refractivity (Wildman–Crippen MR) is 141 cm³/mol. The van der Waals surface area contributed by atoms with Crippen molar-refractivity contribution in [2.24, 2.45) is 0 Å². The molecule has 1 saturated heterocycles. The van der Waals surface area contributed by atoms with Crippen molar-refractivity contribution < 1.29 is 9.53 Å². The van der Waals surface area contributed by atoms with E-state index in [-0.39, 0.29) is 12.1 Å². The highest BCUT2D eigenvalue weighted by Gasteiger charge is 2.17. The third-order valence-electron chi connectivity index (χ3n) is 6.54. The topological polar surface area (TPSA) is 91.1 Å². The number of para-hydroxylation sites is 1. The molecule has 1 aliphatic rings. The Balaban J connectivity index is 1.36. The van der Waals surface area contributed by atoms with E-state index in [0.717, 1.165) is 77.1 Å². The van der Waals surface area contributed by atoms with Gasteiger partial charge in [-0.3, -0.25) is 5.10 Å². The van der Waals surface area contributed by atoms with Gasteiger partial charge in [-0.15, -0.1) is 0 Å². The second kappa shape index (κ2) is 10.3. The van der Waals surface area contributed by atoms with Crippen molar-refractivity contribution in [3.05, 3.63) is 77.4 Å². The second-order valence-corrected chi connectivity index (χ2v) is 8.76. The summed E-state index contributed by atoms with van der Waals surface area (Å²) >= 11 is 0. The molecule has 7 nitrogen and oxygen atoms in total. The van der Waals surface area contributed by atoms with Gasteiger partial charge in [0.05, 0.1) is 23.9 Å². The van der Waals surface area contributed by atoms with Crippen molar-refractivity contribution in [2.45, 2.75) is 32.8 Å². The van der Waals surface area contributed by atoms with E-state index in [1.165, 1.54) is 0 Å². The number of benzene rings is 3. The quantitative estimate of drug-likeness (QED) is 0.293. The van der Waals surface area contributed by atoms with E-state index in [9.17, 15) is 4.79 Å². The number of hydrogen-bond acceptors (Lipinski definition) is 4. The average Bonchev–Trinajstić information content (AvgIpc) is 3.32. The van der Waals surface area contributed by atoms with E-state index in [1.54, 1.807) is 0 Å².